The summed E-state index contributed by atoms with van der Waals surface area (Å²) >= 11 is 6.11. The van der Waals surface area contributed by atoms with Crippen molar-refractivity contribution in [1.82, 2.24) is 4.98 Å². The summed E-state index contributed by atoms with van der Waals surface area (Å²) in [6, 6.07) is 15.1. The van der Waals surface area contributed by atoms with E-state index >= 15 is 0 Å². The minimum Gasteiger partial charge on any atom is -0.340 e. The van der Waals surface area contributed by atoms with Crippen molar-refractivity contribution in [2.45, 2.75) is 13.3 Å². The van der Waals surface area contributed by atoms with Crippen molar-refractivity contribution in [2.24, 2.45) is 0 Å². The molecule has 0 aliphatic rings. The molecule has 1 amide bonds. The second-order valence-electron chi connectivity index (χ2n) is 5.88. The van der Waals surface area contributed by atoms with Gasteiger partial charge in [0, 0.05) is 10.7 Å². The number of rotatable bonds is 5. The lowest BCUT2D eigenvalue weighted by Crippen LogP contribution is -2.14. The SMILES string of the molecule is Cc1ccc(Nc2ccc(NC(=O)Cc3cccc(F)c3)cn2)cc1Cl. The van der Waals surface area contributed by atoms with Gasteiger partial charge in [0.15, 0.2) is 0 Å². The number of benzene rings is 2. The van der Waals surface area contributed by atoms with Crippen molar-refractivity contribution >= 4 is 34.7 Å². The molecule has 3 rings (SSSR count). The van der Waals surface area contributed by atoms with Gasteiger partial charge >= 0.3 is 0 Å². The van der Waals surface area contributed by atoms with Crippen LogP contribution in [0.3, 0.4) is 0 Å². The third kappa shape index (κ3) is 4.80. The number of aromatic nitrogens is 1. The van der Waals surface area contributed by atoms with E-state index < -0.39 is 0 Å². The third-order valence-electron chi connectivity index (χ3n) is 3.75. The van der Waals surface area contributed by atoms with Crippen LogP contribution in [0.25, 0.3) is 0 Å². The molecule has 0 spiro atoms. The lowest BCUT2D eigenvalue weighted by molar-refractivity contribution is -0.115. The van der Waals surface area contributed by atoms with Crippen LogP contribution >= 0.6 is 11.6 Å². The Morgan fingerprint density at radius 1 is 1.12 bits per heavy atom. The number of hydrogen-bond acceptors (Lipinski definition) is 3. The number of hydrogen-bond donors (Lipinski definition) is 2. The van der Waals surface area contributed by atoms with Crippen molar-refractivity contribution in [3.05, 3.63) is 82.8 Å². The van der Waals surface area contributed by atoms with Gasteiger partial charge in [-0.3, -0.25) is 4.79 Å². The summed E-state index contributed by atoms with van der Waals surface area (Å²) in [5.41, 5.74) is 3.02. The molecule has 26 heavy (non-hydrogen) atoms. The molecule has 0 aliphatic heterocycles. The minimum absolute atomic E-state index is 0.0969. The van der Waals surface area contributed by atoms with E-state index in [2.05, 4.69) is 15.6 Å². The van der Waals surface area contributed by atoms with Crippen molar-refractivity contribution in [1.29, 1.82) is 0 Å². The Kier molecular flexibility index (Phi) is 5.49. The van der Waals surface area contributed by atoms with Gasteiger partial charge in [0.05, 0.1) is 18.3 Å². The van der Waals surface area contributed by atoms with Gasteiger partial charge < -0.3 is 10.6 Å². The highest BCUT2D eigenvalue weighted by Crippen LogP contribution is 2.22. The molecule has 0 unspecified atom stereocenters. The first-order chi connectivity index (χ1) is 12.5. The van der Waals surface area contributed by atoms with E-state index in [0.717, 1.165) is 11.3 Å². The van der Waals surface area contributed by atoms with Crippen LogP contribution in [0.1, 0.15) is 11.1 Å². The Morgan fingerprint density at radius 2 is 1.92 bits per heavy atom. The lowest BCUT2D eigenvalue weighted by atomic mass is 10.1. The summed E-state index contributed by atoms with van der Waals surface area (Å²) in [6.07, 6.45) is 1.65. The molecule has 1 heterocycles. The van der Waals surface area contributed by atoms with Crippen LogP contribution in [0.15, 0.2) is 60.8 Å². The Morgan fingerprint density at radius 3 is 2.62 bits per heavy atom. The van der Waals surface area contributed by atoms with E-state index in [1.54, 1.807) is 30.5 Å². The third-order valence-corrected chi connectivity index (χ3v) is 4.15. The first kappa shape index (κ1) is 17.9. The molecule has 0 bridgehead atoms. The molecule has 0 saturated carbocycles. The Balaban J connectivity index is 1.60. The van der Waals surface area contributed by atoms with E-state index in [1.165, 1.54) is 12.1 Å². The van der Waals surface area contributed by atoms with Gasteiger partial charge in [-0.2, -0.15) is 0 Å². The molecule has 0 radical (unpaired) electrons. The predicted molar refractivity (Wildman–Crippen MR) is 102 cm³/mol. The van der Waals surface area contributed by atoms with Gasteiger partial charge in [0.2, 0.25) is 5.91 Å². The first-order valence-electron chi connectivity index (χ1n) is 8.03. The number of nitrogens with zero attached hydrogens (tertiary/aromatic N) is 1. The number of carbonyl (C=O) groups is 1. The number of halogens is 2. The Bertz CT molecular complexity index is 929. The van der Waals surface area contributed by atoms with Gasteiger partial charge in [-0.1, -0.05) is 29.8 Å². The maximum Gasteiger partial charge on any atom is 0.228 e. The molecule has 0 aliphatic carbocycles. The average Bonchev–Trinajstić information content (AvgIpc) is 2.60. The van der Waals surface area contributed by atoms with Crippen molar-refractivity contribution in [3.63, 3.8) is 0 Å². The van der Waals surface area contributed by atoms with Gasteiger partial charge in [-0.05, 0) is 54.4 Å². The van der Waals surface area contributed by atoms with E-state index in [0.29, 0.717) is 22.1 Å². The molecule has 0 atom stereocenters. The summed E-state index contributed by atoms with van der Waals surface area (Å²) in [4.78, 5) is 16.3. The van der Waals surface area contributed by atoms with Crippen LogP contribution < -0.4 is 10.6 Å². The van der Waals surface area contributed by atoms with Crippen LogP contribution in [0.2, 0.25) is 5.02 Å². The van der Waals surface area contributed by atoms with Crippen LogP contribution in [0.4, 0.5) is 21.6 Å². The maximum absolute atomic E-state index is 13.2. The zero-order valence-corrected chi connectivity index (χ0v) is 14.8. The molecular weight excluding hydrogens is 353 g/mol. The van der Waals surface area contributed by atoms with Gasteiger partial charge in [-0.25, -0.2) is 9.37 Å². The summed E-state index contributed by atoms with van der Waals surface area (Å²) in [6.45, 7) is 1.94. The normalized spacial score (nSPS) is 10.4. The summed E-state index contributed by atoms with van der Waals surface area (Å²) in [5, 5.41) is 6.57. The van der Waals surface area contributed by atoms with Crippen molar-refractivity contribution in [2.75, 3.05) is 10.6 Å². The number of pyridine rings is 1. The largest absolute Gasteiger partial charge is 0.340 e. The van der Waals surface area contributed by atoms with E-state index in [-0.39, 0.29) is 18.1 Å². The highest BCUT2D eigenvalue weighted by atomic mass is 35.5. The summed E-state index contributed by atoms with van der Waals surface area (Å²) in [7, 11) is 0. The Labute approximate surface area is 156 Å². The quantitative estimate of drug-likeness (QED) is 0.657. The standard InChI is InChI=1S/C20H17ClFN3O/c1-13-5-6-16(11-18(13)21)24-19-8-7-17(12-23-19)25-20(26)10-14-3-2-4-15(22)9-14/h2-9,11-12H,10H2,1H3,(H,23,24)(H,25,26). The van der Waals surface area contributed by atoms with Crippen LogP contribution in [0.5, 0.6) is 0 Å². The van der Waals surface area contributed by atoms with E-state index in [9.17, 15) is 9.18 Å². The molecule has 2 N–H and O–H groups in total. The zero-order valence-electron chi connectivity index (χ0n) is 14.1. The molecule has 132 valence electrons. The maximum atomic E-state index is 13.2. The molecule has 1 aromatic heterocycles. The summed E-state index contributed by atoms with van der Waals surface area (Å²) in [5.74, 6) is 0.0417. The smallest absolute Gasteiger partial charge is 0.228 e. The summed E-state index contributed by atoms with van der Waals surface area (Å²) < 4.78 is 13.2. The van der Waals surface area contributed by atoms with Crippen molar-refractivity contribution < 1.29 is 9.18 Å². The molecule has 0 saturated heterocycles. The highest BCUT2D eigenvalue weighted by Gasteiger charge is 2.06. The predicted octanol–water partition coefficient (Wildman–Crippen LogP) is 5.11. The number of nitrogens with one attached hydrogen (secondary N) is 2. The topological polar surface area (TPSA) is 54.0 Å². The number of aryl methyl sites for hydroxylation is 1. The average molecular weight is 370 g/mol. The van der Waals surface area contributed by atoms with Gasteiger partial charge in [0.1, 0.15) is 11.6 Å². The van der Waals surface area contributed by atoms with Crippen LogP contribution in [0, 0.1) is 12.7 Å². The fourth-order valence-corrected chi connectivity index (χ4v) is 2.58. The van der Waals surface area contributed by atoms with Crippen molar-refractivity contribution in [3.8, 4) is 0 Å². The van der Waals surface area contributed by atoms with E-state index in [4.69, 9.17) is 11.6 Å². The molecule has 0 fully saturated rings. The second-order valence-corrected chi connectivity index (χ2v) is 6.28. The number of carbonyl (C=O) groups excluding carboxylic acids is 1. The molecule has 2 aromatic carbocycles. The zero-order chi connectivity index (χ0) is 18.5. The van der Waals surface area contributed by atoms with Crippen LogP contribution in [-0.4, -0.2) is 10.9 Å². The molecule has 6 heteroatoms. The highest BCUT2D eigenvalue weighted by molar-refractivity contribution is 6.31. The molecule has 4 nitrogen and oxygen atoms in total. The molecule has 3 aromatic rings. The monoisotopic (exact) mass is 369 g/mol. The molecular formula is C20H17ClFN3O. The number of anilines is 3. The fourth-order valence-electron chi connectivity index (χ4n) is 2.40. The second kappa shape index (κ2) is 7.97. The van der Waals surface area contributed by atoms with Gasteiger partial charge in [0.25, 0.3) is 0 Å². The minimum atomic E-state index is -0.358. The van der Waals surface area contributed by atoms with Gasteiger partial charge in [-0.15, -0.1) is 0 Å². The Hall–Kier alpha value is -2.92. The number of amides is 1. The lowest BCUT2D eigenvalue weighted by Gasteiger charge is -2.09. The van der Waals surface area contributed by atoms with E-state index in [1.807, 2.05) is 25.1 Å². The fraction of sp³-hybridized carbons (Fsp3) is 0.100. The first-order valence-corrected chi connectivity index (χ1v) is 8.41. The van der Waals surface area contributed by atoms with Crippen LogP contribution in [-0.2, 0) is 11.2 Å².